The van der Waals surface area contributed by atoms with Gasteiger partial charge in [0.05, 0.1) is 0 Å². The molecule has 19 heavy (non-hydrogen) atoms. The van der Waals surface area contributed by atoms with E-state index in [1.54, 1.807) is 0 Å². The standard InChI is InChI=1S/C18H29N/c1-18(2,3)13-17(19)16-11-9-15(10-12-16)14-7-5-4-6-8-14/h9-12,14,17H,4-8,13,19H2,1-3H3. The minimum absolute atomic E-state index is 0.167. The van der Waals surface area contributed by atoms with Crippen LogP contribution < -0.4 is 5.73 Å². The molecular formula is C18H29N. The smallest absolute Gasteiger partial charge is 0.0299 e. The average molecular weight is 259 g/mol. The van der Waals surface area contributed by atoms with Gasteiger partial charge in [-0.2, -0.15) is 0 Å². The monoisotopic (exact) mass is 259 g/mol. The fourth-order valence-corrected chi connectivity index (χ4v) is 3.23. The molecule has 2 rings (SSSR count). The van der Waals surface area contributed by atoms with E-state index in [0.29, 0.717) is 5.41 Å². The van der Waals surface area contributed by atoms with Crippen molar-refractivity contribution in [2.75, 3.05) is 0 Å². The fraction of sp³-hybridized carbons (Fsp3) is 0.667. The summed E-state index contributed by atoms with van der Waals surface area (Å²) in [6.07, 6.45) is 7.99. The Morgan fingerprint density at radius 2 is 1.63 bits per heavy atom. The minimum Gasteiger partial charge on any atom is -0.324 e. The first-order valence-electron chi connectivity index (χ1n) is 7.81. The average Bonchev–Trinajstić information content (AvgIpc) is 2.38. The highest BCUT2D eigenvalue weighted by Crippen LogP contribution is 2.34. The van der Waals surface area contributed by atoms with Crippen LogP contribution in [0.1, 0.15) is 82.4 Å². The summed E-state index contributed by atoms with van der Waals surface area (Å²) in [4.78, 5) is 0. The van der Waals surface area contributed by atoms with Gasteiger partial charge in [0.15, 0.2) is 0 Å². The molecule has 1 nitrogen and oxygen atoms in total. The molecule has 0 aliphatic heterocycles. The molecular weight excluding hydrogens is 230 g/mol. The zero-order valence-electron chi connectivity index (χ0n) is 12.8. The van der Waals surface area contributed by atoms with Crippen LogP contribution in [0.25, 0.3) is 0 Å². The Morgan fingerprint density at radius 3 is 2.16 bits per heavy atom. The van der Waals surface area contributed by atoms with E-state index in [0.717, 1.165) is 12.3 Å². The Hall–Kier alpha value is -0.820. The molecule has 0 bridgehead atoms. The summed E-state index contributed by atoms with van der Waals surface area (Å²) < 4.78 is 0. The molecule has 1 unspecified atom stereocenters. The fourth-order valence-electron chi connectivity index (χ4n) is 3.23. The zero-order valence-corrected chi connectivity index (χ0v) is 12.8. The Labute approximate surface area is 118 Å². The lowest BCUT2D eigenvalue weighted by Crippen LogP contribution is -2.18. The Bertz CT molecular complexity index is 379. The second-order valence-corrected chi connectivity index (χ2v) is 7.37. The van der Waals surface area contributed by atoms with E-state index in [9.17, 15) is 0 Å². The Kier molecular flexibility index (Phi) is 4.67. The van der Waals surface area contributed by atoms with Gasteiger partial charge in [-0.25, -0.2) is 0 Å². The van der Waals surface area contributed by atoms with Crippen molar-refractivity contribution in [2.24, 2.45) is 11.1 Å². The lowest BCUT2D eigenvalue weighted by Gasteiger charge is -2.25. The topological polar surface area (TPSA) is 26.0 Å². The molecule has 0 amide bonds. The Morgan fingerprint density at radius 1 is 1.05 bits per heavy atom. The van der Waals surface area contributed by atoms with Crippen molar-refractivity contribution in [2.45, 2.75) is 71.3 Å². The Balaban J connectivity index is 2.01. The van der Waals surface area contributed by atoms with E-state index in [1.807, 2.05) is 0 Å². The second-order valence-electron chi connectivity index (χ2n) is 7.37. The van der Waals surface area contributed by atoms with Crippen LogP contribution in [0.4, 0.5) is 0 Å². The van der Waals surface area contributed by atoms with Crippen LogP contribution in [-0.4, -0.2) is 0 Å². The first-order valence-corrected chi connectivity index (χ1v) is 7.81. The third-order valence-corrected chi connectivity index (χ3v) is 4.27. The lowest BCUT2D eigenvalue weighted by atomic mass is 9.82. The summed E-state index contributed by atoms with van der Waals surface area (Å²) >= 11 is 0. The quantitative estimate of drug-likeness (QED) is 0.796. The van der Waals surface area contributed by atoms with Crippen LogP contribution in [0.3, 0.4) is 0 Å². The summed E-state index contributed by atoms with van der Waals surface area (Å²) in [6.45, 7) is 6.76. The molecule has 1 aliphatic carbocycles. The summed E-state index contributed by atoms with van der Waals surface area (Å²) in [7, 11) is 0. The minimum atomic E-state index is 0.167. The van der Waals surface area contributed by atoms with E-state index >= 15 is 0 Å². The maximum absolute atomic E-state index is 6.31. The van der Waals surface area contributed by atoms with Gasteiger partial charge in [-0.15, -0.1) is 0 Å². The largest absolute Gasteiger partial charge is 0.324 e. The van der Waals surface area contributed by atoms with E-state index in [2.05, 4.69) is 45.0 Å². The van der Waals surface area contributed by atoms with Crippen molar-refractivity contribution in [1.29, 1.82) is 0 Å². The van der Waals surface area contributed by atoms with Gasteiger partial charge in [0, 0.05) is 6.04 Å². The number of hydrogen-bond acceptors (Lipinski definition) is 1. The van der Waals surface area contributed by atoms with E-state index in [-0.39, 0.29) is 6.04 Å². The first-order chi connectivity index (χ1) is 8.96. The molecule has 1 aromatic rings. The van der Waals surface area contributed by atoms with Crippen LogP contribution in [-0.2, 0) is 0 Å². The number of rotatable bonds is 3. The van der Waals surface area contributed by atoms with Crippen molar-refractivity contribution < 1.29 is 0 Å². The van der Waals surface area contributed by atoms with Crippen LogP contribution >= 0.6 is 0 Å². The molecule has 2 N–H and O–H groups in total. The SMILES string of the molecule is CC(C)(C)CC(N)c1ccc(C2CCCCC2)cc1. The van der Waals surface area contributed by atoms with Gasteiger partial charge >= 0.3 is 0 Å². The molecule has 1 saturated carbocycles. The number of hydrogen-bond donors (Lipinski definition) is 1. The van der Waals surface area contributed by atoms with Crippen LogP contribution in [0.5, 0.6) is 0 Å². The summed E-state index contributed by atoms with van der Waals surface area (Å²) in [5.41, 5.74) is 9.41. The van der Waals surface area contributed by atoms with Crippen LogP contribution in [0.15, 0.2) is 24.3 Å². The summed E-state index contributed by atoms with van der Waals surface area (Å²) in [5, 5.41) is 0. The molecule has 0 saturated heterocycles. The zero-order chi connectivity index (χ0) is 13.9. The normalized spacial score (nSPS) is 19.4. The van der Waals surface area contributed by atoms with Crippen LogP contribution in [0, 0.1) is 5.41 Å². The molecule has 1 fully saturated rings. The van der Waals surface area contributed by atoms with Crippen molar-refractivity contribution in [3.8, 4) is 0 Å². The van der Waals surface area contributed by atoms with Gasteiger partial charge < -0.3 is 5.73 Å². The molecule has 1 aromatic carbocycles. The molecule has 1 aliphatic rings. The van der Waals surface area contributed by atoms with Gasteiger partial charge in [0.2, 0.25) is 0 Å². The highest BCUT2D eigenvalue weighted by molar-refractivity contribution is 5.27. The highest BCUT2D eigenvalue weighted by atomic mass is 14.6. The van der Waals surface area contributed by atoms with Gasteiger partial charge in [0.1, 0.15) is 0 Å². The number of benzene rings is 1. The van der Waals surface area contributed by atoms with Gasteiger partial charge in [-0.3, -0.25) is 0 Å². The number of nitrogens with two attached hydrogens (primary N) is 1. The van der Waals surface area contributed by atoms with Gasteiger partial charge in [-0.1, -0.05) is 64.3 Å². The molecule has 0 heterocycles. The van der Waals surface area contributed by atoms with E-state index in [1.165, 1.54) is 43.2 Å². The molecule has 1 atom stereocenters. The molecule has 0 aromatic heterocycles. The maximum Gasteiger partial charge on any atom is 0.0299 e. The van der Waals surface area contributed by atoms with Crippen molar-refractivity contribution in [3.63, 3.8) is 0 Å². The molecule has 106 valence electrons. The van der Waals surface area contributed by atoms with Crippen molar-refractivity contribution in [3.05, 3.63) is 35.4 Å². The third-order valence-electron chi connectivity index (χ3n) is 4.27. The van der Waals surface area contributed by atoms with E-state index in [4.69, 9.17) is 5.73 Å². The lowest BCUT2D eigenvalue weighted by molar-refractivity contribution is 0.342. The van der Waals surface area contributed by atoms with Crippen molar-refractivity contribution >= 4 is 0 Å². The highest BCUT2D eigenvalue weighted by Gasteiger charge is 2.18. The summed E-state index contributed by atoms with van der Waals surface area (Å²) in [5.74, 6) is 0.793. The van der Waals surface area contributed by atoms with Gasteiger partial charge in [0.25, 0.3) is 0 Å². The van der Waals surface area contributed by atoms with E-state index < -0.39 is 0 Å². The second kappa shape index (κ2) is 6.09. The third kappa shape index (κ3) is 4.35. The van der Waals surface area contributed by atoms with Crippen LogP contribution in [0.2, 0.25) is 0 Å². The molecule has 0 spiro atoms. The molecule has 1 heteroatoms. The van der Waals surface area contributed by atoms with Gasteiger partial charge in [-0.05, 0) is 41.7 Å². The summed E-state index contributed by atoms with van der Waals surface area (Å²) in [6, 6.07) is 9.29. The molecule has 0 radical (unpaired) electrons. The predicted octanol–water partition coefficient (Wildman–Crippen LogP) is 5.17. The van der Waals surface area contributed by atoms with Crippen molar-refractivity contribution in [1.82, 2.24) is 0 Å². The maximum atomic E-state index is 6.31. The first kappa shape index (κ1) is 14.6. The predicted molar refractivity (Wildman–Crippen MR) is 83.3 cm³/mol.